The van der Waals surface area contributed by atoms with Crippen LogP contribution >= 0.6 is 0 Å². The van der Waals surface area contributed by atoms with E-state index in [0.717, 1.165) is 91.7 Å². The zero-order chi connectivity index (χ0) is 42.1. The molecule has 60 heavy (non-hydrogen) atoms. The third-order valence-electron chi connectivity index (χ3n) is 12.8. The number of anilines is 1. The summed E-state index contributed by atoms with van der Waals surface area (Å²) in [6.07, 6.45) is 7.95. The van der Waals surface area contributed by atoms with Crippen LogP contribution < -0.4 is 27.4 Å². The fraction of sp³-hybridized carbons (Fsp3) is 0.413. The molecule has 0 saturated carbocycles. The number of aryl methyl sites for hydroxylation is 2. The van der Waals surface area contributed by atoms with Crippen LogP contribution in [0.25, 0.3) is 16.6 Å². The first-order chi connectivity index (χ1) is 28.9. The number of benzene rings is 3. The summed E-state index contributed by atoms with van der Waals surface area (Å²) in [5.74, 6) is 0.583. The van der Waals surface area contributed by atoms with Crippen molar-refractivity contribution in [2.75, 3.05) is 63.9 Å². The van der Waals surface area contributed by atoms with Gasteiger partial charge >= 0.3 is 6.03 Å². The molecule has 5 heterocycles. The van der Waals surface area contributed by atoms with E-state index in [1.54, 1.807) is 35.2 Å². The van der Waals surface area contributed by atoms with E-state index >= 15 is 0 Å². The standard InChI is InChI=1S/C46H57N9O5/c1-29-7-10-38-36(43(29)55-22-16-42(57)50-46(55)59)15-21-54(38)33-13-17-51(18-14-33)27-31-11-19-52(20-12-31)45(58)32-8-9-34(30(2)25-32)41-28-53(23-24-60-41)39(44(48)49)26-37(47)35-5-3-4-6-40(35)56/h3-10,15,21,25-26,31,33,41,56H,11-14,16-20,22-24,27-28,47-49H2,1-2H3,(H,50,57,59)/b37-26-. The van der Waals surface area contributed by atoms with Crippen molar-refractivity contribution in [2.24, 2.45) is 23.1 Å². The highest BCUT2D eigenvalue weighted by Gasteiger charge is 2.31. The smallest absolute Gasteiger partial charge is 0.328 e. The number of aromatic hydroxyl groups is 1. The number of nitrogens with two attached hydrogens (primary N) is 3. The van der Waals surface area contributed by atoms with Crippen molar-refractivity contribution < 1.29 is 24.2 Å². The number of aromatic nitrogens is 1. The van der Waals surface area contributed by atoms with E-state index in [-0.39, 0.29) is 35.5 Å². The number of allylic oxidation sites excluding steroid dienone is 1. The van der Waals surface area contributed by atoms with Gasteiger partial charge in [0, 0.05) is 93.2 Å². The first-order valence-corrected chi connectivity index (χ1v) is 21.2. The zero-order valence-corrected chi connectivity index (χ0v) is 34.6. The van der Waals surface area contributed by atoms with E-state index in [4.69, 9.17) is 21.9 Å². The summed E-state index contributed by atoms with van der Waals surface area (Å²) < 4.78 is 8.59. The van der Waals surface area contributed by atoms with E-state index in [2.05, 4.69) is 39.2 Å². The van der Waals surface area contributed by atoms with Gasteiger partial charge in [-0.1, -0.05) is 24.3 Å². The lowest BCUT2D eigenvalue weighted by molar-refractivity contribution is -0.120. The molecule has 14 heteroatoms. The number of para-hydroxylation sites is 1. The van der Waals surface area contributed by atoms with Crippen LogP contribution in [0.5, 0.6) is 5.75 Å². The van der Waals surface area contributed by atoms with Gasteiger partial charge in [0.2, 0.25) is 5.91 Å². The molecule has 8 rings (SSSR count). The number of hydrogen-bond acceptors (Lipinski definition) is 10. The van der Waals surface area contributed by atoms with Gasteiger partial charge in [-0.05, 0) is 105 Å². The molecular formula is C46H57N9O5. The number of carbonyl (C=O) groups excluding carboxylic acids is 3. The van der Waals surface area contributed by atoms with Gasteiger partial charge in [-0.3, -0.25) is 19.8 Å². The summed E-state index contributed by atoms with van der Waals surface area (Å²) in [6, 6.07) is 19.1. The highest BCUT2D eigenvalue weighted by atomic mass is 16.5. The molecular weight excluding hydrogens is 759 g/mol. The van der Waals surface area contributed by atoms with Gasteiger partial charge in [-0.2, -0.15) is 0 Å². The number of nitrogens with one attached hydrogen (secondary N) is 1. The molecule has 3 aromatic carbocycles. The van der Waals surface area contributed by atoms with Crippen LogP contribution in [0.2, 0.25) is 0 Å². The van der Waals surface area contributed by atoms with Crippen molar-refractivity contribution in [3.05, 3.63) is 112 Å². The number of rotatable bonds is 9. The molecule has 14 nitrogen and oxygen atoms in total. The van der Waals surface area contributed by atoms with Gasteiger partial charge in [0.15, 0.2) is 0 Å². The van der Waals surface area contributed by atoms with Crippen LogP contribution in [0.4, 0.5) is 10.5 Å². The Morgan fingerprint density at radius 3 is 2.37 bits per heavy atom. The fourth-order valence-electron chi connectivity index (χ4n) is 9.56. The van der Waals surface area contributed by atoms with Crippen LogP contribution in [-0.2, 0) is 9.53 Å². The molecule has 8 N–H and O–H groups in total. The maximum absolute atomic E-state index is 13.8. The largest absolute Gasteiger partial charge is 0.507 e. The number of amides is 4. The third-order valence-corrected chi connectivity index (χ3v) is 12.8. The van der Waals surface area contributed by atoms with Gasteiger partial charge in [0.05, 0.1) is 23.5 Å². The topological polar surface area (TPSA) is 189 Å². The second-order valence-corrected chi connectivity index (χ2v) is 16.7. The molecule has 1 aromatic heterocycles. The summed E-state index contributed by atoms with van der Waals surface area (Å²) in [5.41, 5.74) is 25.8. The lowest BCUT2D eigenvalue weighted by Gasteiger charge is -2.38. The van der Waals surface area contributed by atoms with E-state index in [9.17, 15) is 19.5 Å². The van der Waals surface area contributed by atoms with Gasteiger partial charge in [-0.15, -0.1) is 0 Å². The second kappa shape index (κ2) is 17.3. The highest BCUT2D eigenvalue weighted by molar-refractivity contribution is 6.10. The predicted octanol–water partition coefficient (Wildman–Crippen LogP) is 5.06. The van der Waals surface area contributed by atoms with Gasteiger partial charge in [0.1, 0.15) is 17.7 Å². The number of hydrogen-bond donors (Lipinski definition) is 5. The molecule has 4 aromatic rings. The Morgan fingerprint density at radius 2 is 1.65 bits per heavy atom. The van der Waals surface area contributed by atoms with Crippen molar-refractivity contribution in [2.45, 2.75) is 58.1 Å². The molecule has 4 amide bonds. The summed E-state index contributed by atoms with van der Waals surface area (Å²) >= 11 is 0. The number of imide groups is 1. The Bertz CT molecular complexity index is 2330. The Kier molecular flexibility index (Phi) is 11.8. The van der Waals surface area contributed by atoms with E-state index in [1.165, 1.54) is 0 Å². The first-order valence-electron chi connectivity index (χ1n) is 21.2. The van der Waals surface area contributed by atoms with Gasteiger partial charge in [0.25, 0.3) is 5.91 Å². The molecule has 4 fully saturated rings. The van der Waals surface area contributed by atoms with Crippen molar-refractivity contribution in [3.63, 3.8) is 0 Å². The summed E-state index contributed by atoms with van der Waals surface area (Å²) in [7, 11) is 0. The minimum Gasteiger partial charge on any atom is -0.507 e. The number of likely N-dealkylation sites (tertiary alicyclic amines) is 2. The lowest BCUT2D eigenvalue weighted by Crippen LogP contribution is -2.49. The number of carbonyl (C=O) groups is 3. The predicted molar refractivity (Wildman–Crippen MR) is 233 cm³/mol. The Balaban J connectivity index is 0.832. The molecule has 0 bridgehead atoms. The second-order valence-electron chi connectivity index (χ2n) is 16.7. The number of urea groups is 1. The number of ether oxygens (including phenoxy) is 1. The molecule has 4 aliphatic rings. The van der Waals surface area contributed by atoms with Gasteiger partial charge in [-0.25, -0.2) is 4.79 Å². The molecule has 316 valence electrons. The SMILES string of the molecule is Cc1cc(C(=O)N2CCC(CN3CCC(n4ccc5c(N6CCC(=O)NC6=O)c(C)ccc54)CC3)CC2)ccc1C1CN(C(/C=C(\N)c2ccccc2O)=C(N)N)CCO1. The quantitative estimate of drug-likeness (QED) is 0.143. The summed E-state index contributed by atoms with van der Waals surface area (Å²) in [4.78, 5) is 46.6. The zero-order valence-electron chi connectivity index (χ0n) is 34.6. The number of fused-ring (bicyclic) bond motifs is 1. The molecule has 0 radical (unpaired) electrons. The number of morpholine rings is 1. The van der Waals surface area contributed by atoms with Crippen LogP contribution in [0, 0.1) is 19.8 Å². The average molecular weight is 816 g/mol. The summed E-state index contributed by atoms with van der Waals surface area (Å²) in [6.45, 7) is 10.5. The normalized spacial score (nSPS) is 20.1. The molecule has 0 spiro atoms. The van der Waals surface area contributed by atoms with Gasteiger partial charge < -0.3 is 46.3 Å². The number of piperidine rings is 2. The van der Waals surface area contributed by atoms with Crippen LogP contribution in [0.15, 0.2) is 84.5 Å². The molecule has 4 saturated heterocycles. The minimum atomic E-state index is -0.354. The summed E-state index contributed by atoms with van der Waals surface area (Å²) in [5, 5.41) is 13.8. The van der Waals surface area contributed by atoms with E-state index in [1.807, 2.05) is 41.8 Å². The Labute approximate surface area is 351 Å². The minimum absolute atomic E-state index is 0.0627. The Hall–Kier alpha value is -5.99. The third kappa shape index (κ3) is 8.39. The van der Waals surface area contributed by atoms with E-state index < -0.39 is 0 Å². The van der Waals surface area contributed by atoms with Crippen molar-refractivity contribution >= 4 is 40.1 Å². The van der Waals surface area contributed by atoms with Crippen molar-refractivity contribution in [3.8, 4) is 5.75 Å². The average Bonchev–Trinajstić information content (AvgIpc) is 3.67. The van der Waals surface area contributed by atoms with Crippen LogP contribution in [0.1, 0.15) is 76.9 Å². The highest BCUT2D eigenvalue weighted by Crippen LogP contribution is 2.37. The number of phenols is 1. The van der Waals surface area contributed by atoms with Crippen molar-refractivity contribution in [1.29, 1.82) is 0 Å². The Morgan fingerprint density at radius 1 is 0.883 bits per heavy atom. The van der Waals surface area contributed by atoms with E-state index in [0.29, 0.717) is 67.1 Å². The maximum atomic E-state index is 13.8. The van der Waals surface area contributed by atoms with Crippen LogP contribution in [-0.4, -0.2) is 101 Å². The molecule has 1 atom stereocenters. The number of phenolic OH excluding ortho intramolecular Hbond substituents is 1. The molecule has 0 aliphatic carbocycles. The maximum Gasteiger partial charge on any atom is 0.328 e. The van der Waals surface area contributed by atoms with Crippen LogP contribution in [0.3, 0.4) is 0 Å². The lowest BCUT2D eigenvalue weighted by atomic mass is 9.93. The fourth-order valence-corrected chi connectivity index (χ4v) is 9.56. The monoisotopic (exact) mass is 815 g/mol. The number of nitrogens with zero attached hydrogens (tertiary/aromatic N) is 5. The van der Waals surface area contributed by atoms with Crippen molar-refractivity contribution in [1.82, 2.24) is 24.6 Å². The molecule has 1 unspecified atom stereocenters. The first kappa shape index (κ1) is 40.8. The molecule has 4 aliphatic heterocycles.